The third kappa shape index (κ3) is 3.24. The topological polar surface area (TPSA) is 32.5 Å². The molecular weight excluding hydrogens is 222 g/mol. The van der Waals surface area contributed by atoms with Gasteiger partial charge in [0.25, 0.3) is 0 Å². The molecule has 18 heavy (non-hydrogen) atoms. The van der Waals surface area contributed by atoms with Crippen molar-refractivity contribution in [2.45, 2.75) is 32.4 Å². The van der Waals surface area contributed by atoms with Crippen LogP contribution in [-0.4, -0.2) is 43.0 Å². The number of likely N-dealkylation sites (N-methyl/N-ethyl adjacent to an activating group) is 1. The normalized spacial score (nSPS) is 21.4. The van der Waals surface area contributed by atoms with E-state index in [-0.39, 0.29) is 0 Å². The number of aryl methyl sites for hydroxylation is 1. The van der Waals surface area contributed by atoms with Crippen LogP contribution in [0.15, 0.2) is 18.2 Å². The van der Waals surface area contributed by atoms with Crippen molar-refractivity contribution in [1.29, 1.82) is 0 Å². The van der Waals surface area contributed by atoms with Gasteiger partial charge >= 0.3 is 0 Å². The molecule has 2 N–H and O–H groups in total. The largest absolute Gasteiger partial charge is 0.399 e. The Morgan fingerprint density at radius 2 is 2.17 bits per heavy atom. The van der Waals surface area contributed by atoms with Crippen LogP contribution < -0.4 is 5.73 Å². The summed E-state index contributed by atoms with van der Waals surface area (Å²) >= 11 is 0. The van der Waals surface area contributed by atoms with Gasteiger partial charge in [-0.1, -0.05) is 12.1 Å². The monoisotopic (exact) mass is 247 g/mol. The fourth-order valence-corrected chi connectivity index (χ4v) is 2.64. The van der Waals surface area contributed by atoms with E-state index in [9.17, 15) is 0 Å². The maximum Gasteiger partial charge on any atom is 0.0346 e. The minimum absolute atomic E-state index is 0.696. The second-order valence-electron chi connectivity index (χ2n) is 5.69. The van der Waals surface area contributed by atoms with Gasteiger partial charge in [-0.25, -0.2) is 0 Å². The van der Waals surface area contributed by atoms with Crippen LogP contribution in [-0.2, 0) is 6.54 Å². The van der Waals surface area contributed by atoms with Crippen LogP contribution >= 0.6 is 0 Å². The Kier molecular flexibility index (Phi) is 4.25. The number of anilines is 1. The van der Waals surface area contributed by atoms with E-state index in [1.54, 1.807) is 0 Å². The van der Waals surface area contributed by atoms with Crippen LogP contribution in [0.1, 0.15) is 24.0 Å². The molecule has 100 valence electrons. The molecule has 0 bridgehead atoms. The van der Waals surface area contributed by atoms with Gasteiger partial charge in [0.05, 0.1) is 0 Å². The van der Waals surface area contributed by atoms with Crippen molar-refractivity contribution < 1.29 is 0 Å². The lowest BCUT2D eigenvalue weighted by Crippen LogP contribution is -2.44. The molecule has 1 unspecified atom stereocenters. The Labute approximate surface area is 111 Å². The minimum atomic E-state index is 0.696. The molecule has 1 saturated heterocycles. The molecule has 2 rings (SSSR count). The van der Waals surface area contributed by atoms with Crippen molar-refractivity contribution >= 4 is 5.69 Å². The average Bonchev–Trinajstić information content (AvgIpc) is 2.34. The van der Waals surface area contributed by atoms with Gasteiger partial charge in [-0.05, 0) is 57.6 Å². The summed E-state index contributed by atoms with van der Waals surface area (Å²) in [6, 6.07) is 7.14. The zero-order valence-corrected chi connectivity index (χ0v) is 11.8. The highest BCUT2D eigenvalue weighted by atomic mass is 15.2. The van der Waals surface area contributed by atoms with Gasteiger partial charge in [0.2, 0.25) is 0 Å². The Bertz CT molecular complexity index is 401. The molecule has 1 fully saturated rings. The zero-order valence-electron chi connectivity index (χ0n) is 11.8. The number of nitrogens with zero attached hydrogens (tertiary/aromatic N) is 2. The number of likely N-dealkylation sites (tertiary alicyclic amines) is 1. The van der Waals surface area contributed by atoms with E-state index in [2.05, 4.69) is 49.0 Å². The third-order valence-electron chi connectivity index (χ3n) is 3.96. The predicted octanol–water partition coefficient (Wildman–Crippen LogP) is 2.10. The van der Waals surface area contributed by atoms with Crippen LogP contribution in [0.25, 0.3) is 0 Å². The highest BCUT2D eigenvalue weighted by Crippen LogP contribution is 2.18. The van der Waals surface area contributed by atoms with Crippen molar-refractivity contribution in [2.75, 3.05) is 32.9 Å². The van der Waals surface area contributed by atoms with Gasteiger partial charge in [-0.2, -0.15) is 0 Å². The summed E-state index contributed by atoms with van der Waals surface area (Å²) in [5, 5.41) is 0. The second-order valence-corrected chi connectivity index (χ2v) is 5.69. The Balaban J connectivity index is 1.98. The maximum absolute atomic E-state index is 5.97. The molecule has 0 aromatic heterocycles. The number of nitrogen functional groups attached to an aromatic ring is 1. The van der Waals surface area contributed by atoms with Gasteiger partial charge in [0.1, 0.15) is 0 Å². The van der Waals surface area contributed by atoms with Crippen molar-refractivity contribution in [1.82, 2.24) is 9.80 Å². The number of piperidine rings is 1. The van der Waals surface area contributed by atoms with Gasteiger partial charge in [0, 0.05) is 24.8 Å². The lowest BCUT2D eigenvalue weighted by molar-refractivity contribution is 0.128. The molecule has 0 aliphatic carbocycles. The molecule has 1 aliphatic heterocycles. The van der Waals surface area contributed by atoms with Crippen LogP contribution in [0.5, 0.6) is 0 Å². The first-order chi connectivity index (χ1) is 8.56. The zero-order chi connectivity index (χ0) is 13.1. The number of hydrogen-bond donors (Lipinski definition) is 1. The minimum Gasteiger partial charge on any atom is -0.399 e. The summed E-state index contributed by atoms with van der Waals surface area (Å²) in [7, 11) is 4.36. The second kappa shape index (κ2) is 5.72. The molecule has 3 nitrogen and oxygen atoms in total. The smallest absolute Gasteiger partial charge is 0.0346 e. The standard InChI is InChI=1S/C15H25N3/c1-12-6-7-13(9-15(12)16)10-18-8-4-5-14(11-18)17(2)3/h6-7,9,14H,4-5,8,10-11,16H2,1-3H3. The van der Waals surface area contributed by atoms with Crippen molar-refractivity contribution in [3.63, 3.8) is 0 Å². The fraction of sp³-hybridized carbons (Fsp3) is 0.600. The van der Waals surface area contributed by atoms with Crippen molar-refractivity contribution in [3.8, 4) is 0 Å². The highest BCUT2D eigenvalue weighted by Gasteiger charge is 2.21. The third-order valence-corrected chi connectivity index (χ3v) is 3.96. The Morgan fingerprint density at radius 3 is 2.83 bits per heavy atom. The number of nitrogens with two attached hydrogens (primary N) is 1. The summed E-state index contributed by atoms with van der Waals surface area (Å²) in [6.07, 6.45) is 2.61. The average molecular weight is 247 g/mol. The summed E-state index contributed by atoms with van der Waals surface area (Å²) < 4.78 is 0. The number of rotatable bonds is 3. The number of hydrogen-bond acceptors (Lipinski definition) is 3. The molecule has 1 aromatic carbocycles. The Hall–Kier alpha value is -1.06. The van der Waals surface area contributed by atoms with Crippen LogP contribution in [0.2, 0.25) is 0 Å². The lowest BCUT2D eigenvalue weighted by atomic mass is 10.0. The summed E-state index contributed by atoms with van der Waals surface area (Å²) in [5.74, 6) is 0. The first-order valence-corrected chi connectivity index (χ1v) is 6.80. The molecule has 0 spiro atoms. The molecule has 1 aliphatic rings. The molecule has 0 saturated carbocycles. The molecule has 1 heterocycles. The van der Waals surface area contributed by atoms with Crippen LogP contribution in [0.3, 0.4) is 0 Å². The lowest BCUT2D eigenvalue weighted by Gasteiger charge is -2.36. The predicted molar refractivity (Wildman–Crippen MR) is 77.6 cm³/mol. The van der Waals surface area contributed by atoms with E-state index >= 15 is 0 Å². The SMILES string of the molecule is Cc1ccc(CN2CCCC(N(C)C)C2)cc1N. The first kappa shape index (κ1) is 13.4. The molecule has 3 heteroatoms. The maximum atomic E-state index is 5.97. The summed E-state index contributed by atoms with van der Waals surface area (Å²) in [5.41, 5.74) is 9.39. The fourth-order valence-electron chi connectivity index (χ4n) is 2.64. The first-order valence-electron chi connectivity index (χ1n) is 6.80. The van der Waals surface area contributed by atoms with Crippen molar-refractivity contribution in [3.05, 3.63) is 29.3 Å². The van der Waals surface area contributed by atoms with Gasteiger partial charge in [-0.15, -0.1) is 0 Å². The van der Waals surface area contributed by atoms with E-state index < -0.39 is 0 Å². The summed E-state index contributed by atoms with van der Waals surface area (Å²) in [4.78, 5) is 4.88. The van der Waals surface area contributed by atoms with Crippen LogP contribution in [0.4, 0.5) is 5.69 Å². The van der Waals surface area contributed by atoms with Crippen molar-refractivity contribution in [2.24, 2.45) is 0 Å². The summed E-state index contributed by atoms with van der Waals surface area (Å²) in [6.45, 7) is 5.45. The number of benzene rings is 1. The van der Waals surface area contributed by atoms with E-state index in [1.165, 1.54) is 37.1 Å². The van der Waals surface area contributed by atoms with Gasteiger partial charge < -0.3 is 10.6 Å². The van der Waals surface area contributed by atoms with Crippen LogP contribution in [0, 0.1) is 6.92 Å². The molecule has 0 amide bonds. The van der Waals surface area contributed by atoms with E-state index in [4.69, 9.17) is 5.73 Å². The molecular formula is C15H25N3. The Morgan fingerprint density at radius 1 is 1.39 bits per heavy atom. The van der Waals surface area contributed by atoms with Gasteiger partial charge in [0.15, 0.2) is 0 Å². The van der Waals surface area contributed by atoms with Gasteiger partial charge in [-0.3, -0.25) is 4.90 Å². The molecule has 0 radical (unpaired) electrons. The van der Waals surface area contributed by atoms with E-state index in [0.717, 1.165) is 12.2 Å². The van der Waals surface area contributed by atoms with E-state index in [1.807, 2.05) is 0 Å². The highest BCUT2D eigenvalue weighted by molar-refractivity contribution is 5.48. The molecule has 1 atom stereocenters. The molecule has 1 aromatic rings. The quantitative estimate of drug-likeness (QED) is 0.830. The van der Waals surface area contributed by atoms with E-state index in [0.29, 0.717) is 6.04 Å².